The molecule has 31 heavy (non-hydrogen) atoms. The molecule has 1 heterocycles. The molecular formula is C23H25ClN4O3. The Morgan fingerprint density at radius 3 is 2.48 bits per heavy atom. The van der Waals surface area contributed by atoms with E-state index in [4.69, 9.17) is 16.0 Å². The largest absolute Gasteiger partial charge is 0.419 e. The van der Waals surface area contributed by atoms with Crippen LogP contribution in [-0.2, 0) is 11.3 Å². The van der Waals surface area contributed by atoms with Crippen LogP contribution in [-0.4, -0.2) is 39.5 Å². The standard InChI is InChI=1S/C23H25ClN4O3/c1-16(2)28(15-20-26-27-23(31-20)18-11-6-7-12-19(18)24)21(29)13-8-14-25-22(30)17-9-4-3-5-10-17/h3-7,9-12,16H,8,13-15H2,1-2H3,(H,25,30). The molecule has 8 heteroatoms. The lowest BCUT2D eigenvalue weighted by atomic mass is 10.2. The Hall–Kier alpha value is -3.19. The van der Waals surface area contributed by atoms with Gasteiger partial charge in [0.2, 0.25) is 17.7 Å². The number of rotatable bonds is 9. The van der Waals surface area contributed by atoms with Crippen molar-refractivity contribution in [3.8, 4) is 11.5 Å². The first-order valence-corrected chi connectivity index (χ1v) is 10.5. The minimum Gasteiger partial charge on any atom is -0.419 e. The number of amides is 2. The summed E-state index contributed by atoms with van der Waals surface area (Å²) in [7, 11) is 0. The lowest BCUT2D eigenvalue weighted by Gasteiger charge is -2.25. The fourth-order valence-corrected chi connectivity index (χ4v) is 3.26. The second kappa shape index (κ2) is 10.7. The van der Waals surface area contributed by atoms with Gasteiger partial charge in [-0.15, -0.1) is 10.2 Å². The van der Waals surface area contributed by atoms with Gasteiger partial charge in [-0.3, -0.25) is 9.59 Å². The maximum Gasteiger partial charge on any atom is 0.251 e. The van der Waals surface area contributed by atoms with Crippen molar-refractivity contribution < 1.29 is 14.0 Å². The normalized spacial score (nSPS) is 10.8. The topological polar surface area (TPSA) is 88.3 Å². The van der Waals surface area contributed by atoms with Crippen LogP contribution in [0.15, 0.2) is 59.0 Å². The van der Waals surface area contributed by atoms with E-state index in [-0.39, 0.29) is 24.4 Å². The van der Waals surface area contributed by atoms with E-state index in [2.05, 4.69) is 15.5 Å². The third kappa shape index (κ3) is 6.15. The number of carbonyl (C=O) groups is 2. The summed E-state index contributed by atoms with van der Waals surface area (Å²) in [5, 5.41) is 11.5. The van der Waals surface area contributed by atoms with Crippen LogP contribution in [0.1, 0.15) is 42.9 Å². The van der Waals surface area contributed by atoms with Crippen LogP contribution < -0.4 is 5.32 Å². The van der Waals surface area contributed by atoms with Crippen molar-refractivity contribution >= 4 is 23.4 Å². The van der Waals surface area contributed by atoms with Crippen molar-refractivity contribution in [2.75, 3.05) is 6.54 Å². The van der Waals surface area contributed by atoms with Gasteiger partial charge in [-0.2, -0.15) is 0 Å². The zero-order valence-corrected chi connectivity index (χ0v) is 18.3. The fraction of sp³-hybridized carbons (Fsp3) is 0.304. The number of hydrogen-bond acceptors (Lipinski definition) is 5. The molecule has 0 atom stereocenters. The summed E-state index contributed by atoms with van der Waals surface area (Å²) in [4.78, 5) is 26.5. The average molecular weight is 441 g/mol. The van der Waals surface area contributed by atoms with Crippen LogP contribution >= 0.6 is 11.6 Å². The number of benzene rings is 2. The van der Waals surface area contributed by atoms with E-state index in [1.54, 1.807) is 29.2 Å². The summed E-state index contributed by atoms with van der Waals surface area (Å²) in [6, 6.07) is 16.2. The molecule has 0 radical (unpaired) electrons. The highest BCUT2D eigenvalue weighted by atomic mass is 35.5. The maximum absolute atomic E-state index is 12.7. The summed E-state index contributed by atoms with van der Waals surface area (Å²) in [5.41, 5.74) is 1.25. The zero-order valence-electron chi connectivity index (χ0n) is 17.5. The minimum absolute atomic E-state index is 0.0397. The molecule has 0 saturated carbocycles. The number of hydrogen-bond donors (Lipinski definition) is 1. The van der Waals surface area contributed by atoms with Gasteiger partial charge in [0.15, 0.2) is 0 Å². The predicted molar refractivity (Wildman–Crippen MR) is 118 cm³/mol. The first kappa shape index (κ1) is 22.5. The van der Waals surface area contributed by atoms with Gasteiger partial charge in [0, 0.05) is 24.6 Å². The first-order valence-electron chi connectivity index (χ1n) is 10.2. The number of aromatic nitrogens is 2. The van der Waals surface area contributed by atoms with E-state index in [0.717, 1.165) is 0 Å². The summed E-state index contributed by atoms with van der Waals surface area (Å²) in [5.74, 6) is 0.475. The third-order valence-corrected chi connectivity index (χ3v) is 5.04. The SMILES string of the molecule is CC(C)N(Cc1nnc(-c2ccccc2Cl)o1)C(=O)CCCNC(=O)c1ccccc1. The summed E-state index contributed by atoms with van der Waals surface area (Å²) < 4.78 is 5.73. The van der Waals surface area contributed by atoms with Crippen LogP contribution in [0, 0.1) is 0 Å². The Kier molecular flexibility index (Phi) is 7.78. The molecule has 0 aliphatic carbocycles. The molecule has 0 saturated heterocycles. The fourth-order valence-electron chi connectivity index (χ4n) is 3.04. The lowest BCUT2D eigenvalue weighted by molar-refractivity contribution is -0.134. The minimum atomic E-state index is -0.147. The van der Waals surface area contributed by atoms with E-state index in [1.807, 2.05) is 44.2 Å². The van der Waals surface area contributed by atoms with Gasteiger partial charge in [-0.1, -0.05) is 41.9 Å². The second-order valence-corrected chi connectivity index (χ2v) is 7.73. The molecule has 3 aromatic rings. The van der Waals surface area contributed by atoms with Crippen LogP contribution in [0.4, 0.5) is 0 Å². The van der Waals surface area contributed by atoms with Gasteiger partial charge >= 0.3 is 0 Å². The van der Waals surface area contributed by atoms with Crippen molar-refractivity contribution in [1.29, 1.82) is 0 Å². The highest BCUT2D eigenvalue weighted by Gasteiger charge is 2.21. The van der Waals surface area contributed by atoms with E-state index in [0.29, 0.717) is 47.3 Å². The first-order chi connectivity index (χ1) is 15.0. The number of nitrogens with one attached hydrogen (secondary N) is 1. The Balaban J connectivity index is 1.53. The second-order valence-electron chi connectivity index (χ2n) is 7.32. The van der Waals surface area contributed by atoms with Gasteiger partial charge in [0.25, 0.3) is 5.91 Å². The zero-order chi connectivity index (χ0) is 22.2. The van der Waals surface area contributed by atoms with Crippen molar-refractivity contribution in [2.45, 2.75) is 39.3 Å². The molecule has 2 amide bonds. The molecule has 0 spiro atoms. The van der Waals surface area contributed by atoms with Crippen molar-refractivity contribution in [2.24, 2.45) is 0 Å². The smallest absolute Gasteiger partial charge is 0.251 e. The molecule has 1 aromatic heterocycles. The summed E-state index contributed by atoms with van der Waals surface area (Å²) >= 11 is 6.18. The van der Waals surface area contributed by atoms with E-state index in [1.165, 1.54) is 0 Å². The number of nitrogens with zero attached hydrogens (tertiary/aromatic N) is 3. The quantitative estimate of drug-likeness (QED) is 0.500. The van der Waals surface area contributed by atoms with Crippen LogP contribution in [0.2, 0.25) is 5.02 Å². The van der Waals surface area contributed by atoms with E-state index < -0.39 is 0 Å². The molecule has 162 valence electrons. The maximum atomic E-state index is 12.7. The van der Waals surface area contributed by atoms with E-state index in [9.17, 15) is 9.59 Å². The Morgan fingerprint density at radius 2 is 1.77 bits per heavy atom. The van der Waals surface area contributed by atoms with Gasteiger partial charge < -0.3 is 14.6 Å². The molecule has 1 N–H and O–H groups in total. The number of carbonyl (C=O) groups excluding carboxylic acids is 2. The molecular weight excluding hydrogens is 416 g/mol. The molecule has 0 aliphatic rings. The lowest BCUT2D eigenvalue weighted by Crippen LogP contribution is -2.37. The van der Waals surface area contributed by atoms with Crippen LogP contribution in [0.5, 0.6) is 0 Å². The monoisotopic (exact) mass is 440 g/mol. The highest BCUT2D eigenvalue weighted by Crippen LogP contribution is 2.26. The molecule has 7 nitrogen and oxygen atoms in total. The highest BCUT2D eigenvalue weighted by molar-refractivity contribution is 6.33. The van der Waals surface area contributed by atoms with Gasteiger partial charge in [-0.05, 0) is 44.5 Å². The van der Waals surface area contributed by atoms with Gasteiger partial charge in [-0.25, -0.2) is 0 Å². The number of halogens is 1. The average Bonchev–Trinajstić information content (AvgIpc) is 3.24. The molecule has 0 unspecified atom stereocenters. The Bertz CT molecular complexity index is 1020. The summed E-state index contributed by atoms with van der Waals surface area (Å²) in [6.07, 6.45) is 0.841. The molecule has 0 aliphatic heterocycles. The van der Waals surface area contributed by atoms with Crippen LogP contribution in [0.25, 0.3) is 11.5 Å². The molecule has 3 rings (SSSR count). The third-order valence-electron chi connectivity index (χ3n) is 4.71. The van der Waals surface area contributed by atoms with Crippen molar-refractivity contribution in [3.63, 3.8) is 0 Å². The molecule has 0 bridgehead atoms. The van der Waals surface area contributed by atoms with Crippen LogP contribution in [0.3, 0.4) is 0 Å². The summed E-state index contributed by atoms with van der Waals surface area (Å²) in [6.45, 7) is 4.49. The Morgan fingerprint density at radius 1 is 1.06 bits per heavy atom. The van der Waals surface area contributed by atoms with Crippen molar-refractivity contribution in [1.82, 2.24) is 20.4 Å². The van der Waals surface area contributed by atoms with E-state index >= 15 is 0 Å². The van der Waals surface area contributed by atoms with Crippen molar-refractivity contribution in [3.05, 3.63) is 71.1 Å². The Labute approximate surface area is 186 Å². The molecule has 2 aromatic carbocycles. The predicted octanol–water partition coefficient (Wildman–Crippen LogP) is 4.34. The van der Waals surface area contributed by atoms with Gasteiger partial charge in [0.05, 0.1) is 17.1 Å². The molecule has 0 fully saturated rings. The van der Waals surface area contributed by atoms with Gasteiger partial charge in [0.1, 0.15) is 0 Å².